The molecule has 18 heavy (non-hydrogen) atoms. The number of hydrogen-bond donors (Lipinski definition) is 2. The van der Waals surface area contributed by atoms with Crippen LogP contribution in [0.25, 0.3) is 5.65 Å². The van der Waals surface area contributed by atoms with Crippen LogP contribution in [-0.4, -0.2) is 26.5 Å². The van der Waals surface area contributed by atoms with E-state index in [1.54, 1.807) is 6.92 Å². The quantitative estimate of drug-likeness (QED) is 0.845. The molecule has 0 saturated heterocycles. The second kappa shape index (κ2) is 4.64. The summed E-state index contributed by atoms with van der Waals surface area (Å²) in [6.45, 7) is 5.65. The predicted molar refractivity (Wildman–Crippen MR) is 67.8 cm³/mol. The summed E-state index contributed by atoms with van der Waals surface area (Å²) in [5.74, 6) is -0.222. The molecule has 96 valence electrons. The first-order valence-electron chi connectivity index (χ1n) is 5.91. The Kier molecular flexibility index (Phi) is 3.18. The van der Waals surface area contributed by atoms with Crippen molar-refractivity contribution in [3.63, 3.8) is 0 Å². The largest absolute Gasteiger partial charge is 0.349 e. The van der Waals surface area contributed by atoms with Crippen LogP contribution in [0.2, 0.25) is 0 Å². The van der Waals surface area contributed by atoms with E-state index < -0.39 is 0 Å². The summed E-state index contributed by atoms with van der Waals surface area (Å²) >= 11 is 0. The van der Waals surface area contributed by atoms with Gasteiger partial charge in [0, 0.05) is 24.0 Å². The van der Waals surface area contributed by atoms with Crippen molar-refractivity contribution in [1.29, 1.82) is 0 Å². The molecule has 0 aliphatic heterocycles. The first kappa shape index (κ1) is 12.3. The van der Waals surface area contributed by atoms with Gasteiger partial charge in [-0.15, -0.1) is 0 Å². The van der Waals surface area contributed by atoms with Gasteiger partial charge >= 0.3 is 0 Å². The Balaban J connectivity index is 2.46. The number of hydrogen-bond acceptors (Lipinski definition) is 3. The van der Waals surface area contributed by atoms with Crippen molar-refractivity contribution in [2.45, 2.75) is 33.2 Å². The number of fused-ring (bicyclic) bond motifs is 1. The second-order valence-corrected chi connectivity index (χ2v) is 4.36. The van der Waals surface area contributed by atoms with Crippen molar-refractivity contribution < 1.29 is 4.79 Å². The van der Waals surface area contributed by atoms with Crippen LogP contribution in [0.5, 0.6) is 0 Å². The van der Waals surface area contributed by atoms with E-state index in [0.717, 1.165) is 6.42 Å². The lowest BCUT2D eigenvalue weighted by molar-refractivity contribution is 0.0940. The molecular weight excluding hydrogens is 232 g/mol. The van der Waals surface area contributed by atoms with E-state index in [1.807, 2.05) is 13.8 Å². The maximum atomic E-state index is 12.0. The van der Waals surface area contributed by atoms with Gasteiger partial charge in [-0.1, -0.05) is 6.92 Å². The molecule has 0 radical (unpaired) electrons. The van der Waals surface area contributed by atoms with Gasteiger partial charge < -0.3 is 5.32 Å². The van der Waals surface area contributed by atoms with Crippen LogP contribution in [0.15, 0.2) is 17.1 Å². The summed E-state index contributed by atoms with van der Waals surface area (Å²) in [6, 6.07) is 1.50. The number of carbonyl (C=O) groups is 1. The van der Waals surface area contributed by atoms with Gasteiger partial charge in [-0.05, 0) is 20.3 Å². The lowest BCUT2D eigenvalue weighted by atomic mass is 10.2. The van der Waals surface area contributed by atoms with Crippen LogP contribution >= 0.6 is 0 Å². The van der Waals surface area contributed by atoms with Gasteiger partial charge in [-0.25, -0.2) is 9.50 Å². The average Bonchev–Trinajstić information content (AvgIpc) is 2.72. The molecule has 0 fully saturated rings. The van der Waals surface area contributed by atoms with Gasteiger partial charge in [0.25, 0.3) is 11.5 Å². The van der Waals surface area contributed by atoms with E-state index in [-0.39, 0.29) is 17.5 Å². The van der Waals surface area contributed by atoms with E-state index in [9.17, 15) is 9.59 Å². The van der Waals surface area contributed by atoms with E-state index in [1.165, 1.54) is 16.8 Å². The molecule has 0 bridgehead atoms. The highest BCUT2D eigenvalue weighted by molar-refractivity contribution is 5.99. The SMILES string of the molecule is CCC(C)NC(=O)c1c[nH]n2c(=O)cc(C)nc12. The summed E-state index contributed by atoms with van der Waals surface area (Å²) in [5.41, 5.74) is 1.12. The van der Waals surface area contributed by atoms with Gasteiger partial charge in [-0.3, -0.25) is 14.7 Å². The molecule has 2 heterocycles. The van der Waals surface area contributed by atoms with Crippen molar-refractivity contribution in [2.75, 3.05) is 0 Å². The molecule has 0 aliphatic carbocycles. The van der Waals surface area contributed by atoms with Crippen molar-refractivity contribution in [2.24, 2.45) is 0 Å². The molecule has 0 spiro atoms. The average molecular weight is 248 g/mol. The number of rotatable bonds is 3. The Hall–Kier alpha value is -2.11. The number of nitrogens with one attached hydrogen (secondary N) is 2. The van der Waals surface area contributed by atoms with Crippen molar-refractivity contribution in [3.8, 4) is 0 Å². The maximum Gasteiger partial charge on any atom is 0.272 e. The molecule has 0 saturated carbocycles. The monoisotopic (exact) mass is 248 g/mol. The minimum absolute atomic E-state index is 0.0870. The normalized spacial score (nSPS) is 12.6. The van der Waals surface area contributed by atoms with Crippen LogP contribution in [0.3, 0.4) is 0 Å². The Morgan fingerprint density at radius 1 is 1.61 bits per heavy atom. The standard InChI is InChI=1S/C12H16N4O2/c1-4-7(2)15-12(18)9-6-13-16-10(17)5-8(3)14-11(9)16/h5-7,13H,4H2,1-3H3,(H,15,18). The first-order valence-corrected chi connectivity index (χ1v) is 5.91. The van der Waals surface area contributed by atoms with Crippen LogP contribution in [0, 0.1) is 6.92 Å². The zero-order valence-electron chi connectivity index (χ0n) is 10.7. The minimum Gasteiger partial charge on any atom is -0.349 e. The highest BCUT2D eigenvalue weighted by Gasteiger charge is 2.15. The number of aryl methyl sites for hydroxylation is 1. The van der Waals surface area contributed by atoms with Crippen LogP contribution in [-0.2, 0) is 0 Å². The molecular formula is C12H16N4O2. The number of aromatic nitrogens is 3. The predicted octanol–water partition coefficient (Wildman–Crippen LogP) is 0.859. The molecule has 2 aromatic heterocycles. The third kappa shape index (κ3) is 2.13. The van der Waals surface area contributed by atoms with Crippen molar-refractivity contribution in [1.82, 2.24) is 19.9 Å². The van der Waals surface area contributed by atoms with Crippen molar-refractivity contribution >= 4 is 11.6 Å². The van der Waals surface area contributed by atoms with Crippen LogP contribution < -0.4 is 10.9 Å². The topological polar surface area (TPSA) is 79.3 Å². The fourth-order valence-electron chi connectivity index (χ4n) is 1.67. The number of carbonyl (C=O) groups excluding carboxylic acids is 1. The molecule has 1 amide bonds. The van der Waals surface area contributed by atoms with E-state index in [2.05, 4.69) is 15.4 Å². The highest BCUT2D eigenvalue weighted by atomic mass is 16.2. The smallest absolute Gasteiger partial charge is 0.272 e. The third-order valence-corrected chi connectivity index (χ3v) is 2.86. The van der Waals surface area contributed by atoms with Gasteiger partial charge in [0.15, 0.2) is 5.65 Å². The zero-order chi connectivity index (χ0) is 13.3. The van der Waals surface area contributed by atoms with Gasteiger partial charge in [0.2, 0.25) is 0 Å². The highest BCUT2D eigenvalue weighted by Crippen LogP contribution is 2.07. The zero-order valence-corrected chi connectivity index (χ0v) is 10.7. The Labute approximate surface area is 104 Å². The summed E-state index contributed by atoms with van der Waals surface area (Å²) < 4.78 is 1.26. The third-order valence-electron chi connectivity index (χ3n) is 2.86. The van der Waals surface area contributed by atoms with E-state index >= 15 is 0 Å². The molecule has 2 aromatic rings. The number of aromatic amines is 1. The van der Waals surface area contributed by atoms with Gasteiger partial charge in [-0.2, -0.15) is 0 Å². The van der Waals surface area contributed by atoms with E-state index in [4.69, 9.17) is 0 Å². The second-order valence-electron chi connectivity index (χ2n) is 4.36. The fraction of sp³-hybridized carbons (Fsp3) is 0.417. The Morgan fingerprint density at radius 3 is 3.00 bits per heavy atom. The Morgan fingerprint density at radius 2 is 2.33 bits per heavy atom. The lowest BCUT2D eigenvalue weighted by Gasteiger charge is -2.10. The Bertz CT molecular complexity index is 641. The summed E-state index contributed by atoms with van der Waals surface area (Å²) in [5, 5.41) is 5.59. The van der Waals surface area contributed by atoms with E-state index in [0.29, 0.717) is 16.9 Å². The van der Waals surface area contributed by atoms with Crippen LogP contribution in [0.4, 0.5) is 0 Å². The van der Waals surface area contributed by atoms with Crippen molar-refractivity contribution in [3.05, 3.63) is 33.9 Å². The van der Waals surface area contributed by atoms with Gasteiger partial charge in [0.05, 0.1) is 0 Å². The molecule has 6 heteroatoms. The fourth-order valence-corrected chi connectivity index (χ4v) is 1.67. The molecule has 0 aromatic carbocycles. The van der Waals surface area contributed by atoms with Crippen LogP contribution in [0.1, 0.15) is 36.3 Å². The minimum atomic E-state index is -0.222. The van der Waals surface area contributed by atoms with Gasteiger partial charge in [0.1, 0.15) is 5.56 Å². The maximum absolute atomic E-state index is 12.0. The molecule has 1 unspecified atom stereocenters. The molecule has 1 atom stereocenters. The summed E-state index contributed by atoms with van der Waals surface area (Å²) in [6.07, 6.45) is 2.35. The molecule has 0 aliphatic rings. The molecule has 2 N–H and O–H groups in total. The summed E-state index contributed by atoms with van der Waals surface area (Å²) in [4.78, 5) is 27.9. The molecule has 6 nitrogen and oxygen atoms in total. The molecule has 2 rings (SSSR count). The number of H-pyrrole nitrogens is 1. The first-order chi connectivity index (χ1) is 8.52. The summed E-state index contributed by atoms with van der Waals surface area (Å²) in [7, 11) is 0. The lowest BCUT2D eigenvalue weighted by Crippen LogP contribution is -2.32. The number of nitrogens with zero attached hydrogens (tertiary/aromatic N) is 2. The number of amides is 1.